The summed E-state index contributed by atoms with van der Waals surface area (Å²) in [5.41, 5.74) is 5.72. The molecule has 1 aromatic heterocycles. The highest BCUT2D eigenvalue weighted by molar-refractivity contribution is 9.10. The number of halogens is 1. The first-order chi connectivity index (χ1) is 14.6. The maximum atomic E-state index is 6.26. The normalized spacial score (nSPS) is 15.1. The van der Waals surface area contributed by atoms with E-state index in [1.807, 2.05) is 18.2 Å². The number of aryl methyl sites for hydroxylation is 1. The van der Waals surface area contributed by atoms with E-state index >= 15 is 0 Å². The van der Waals surface area contributed by atoms with Crippen molar-refractivity contribution in [3.05, 3.63) is 87.5 Å². The predicted molar refractivity (Wildman–Crippen MR) is 122 cm³/mol. The van der Waals surface area contributed by atoms with Crippen molar-refractivity contribution in [2.75, 3.05) is 14.2 Å². The smallest absolute Gasteiger partial charge is 0.127 e. The Hall–Kier alpha value is -2.92. The number of hydrogen-bond donors (Lipinski definition) is 0. The topological polar surface area (TPSA) is 32.6 Å². The number of methoxy groups -OCH3 is 2. The maximum absolute atomic E-state index is 6.26. The second-order valence-electron chi connectivity index (χ2n) is 7.52. The van der Waals surface area contributed by atoms with Crippen LogP contribution >= 0.6 is 15.9 Å². The molecule has 1 aliphatic heterocycles. The maximum Gasteiger partial charge on any atom is 0.127 e. The Balaban J connectivity index is 1.88. The van der Waals surface area contributed by atoms with Gasteiger partial charge in [-0.1, -0.05) is 34.1 Å². The van der Waals surface area contributed by atoms with Crippen molar-refractivity contribution in [1.82, 2.24) is 4.57 Å². The van der Waals surface area contributed by atoms with Crippen LogP contribution in [-0.2, 0) is 13.7 Å². The van der Waals surface area contributed by atoms with Gasteiger partial charge in [0.25, 0.3) is 0 Å². The molecular formula is C25H22BrNO3. The Morgan fingerprint density at radius 1 is 1.00 bits per heavy atom. The van der Waals surface area contributed by atoms with E-state index in [0.29, 0.717) is 6.61 Å². The molecule has 0 saturated carbocycles. The van der Waals surface area contributed by atoms with Crippen LogP contribution in [-0.4, -0.2) is 18.8 Å². The molecule has 4 aromatic rings. The number of benzene rings is 3. The van der Waals surface area contributed by atoms with Gasteiger partial charge in [-0.2, -0.15) is 0 Å². The van der Waals surface area contributed by atoms with Crippen molar-refractivity contribution in [2.45, 2.75) is 12.5 Å². The molecule has 0 bridgehead atoms. The van der Waals surface area contributed by atoms with Crippen LogP contribution < -0.4 is 14.2 Å². The Morgan fingerprint density at radius 2 is 1.83 bits per heavy atom. The molecule has 0 spiro atoms. The van der Waals surface area contributed by atoms with Crippen LogP contribution in [0.3, 0.4) is 0 Å². The summed E-state index contributed by atoms with van der Waals surface area (Å²) in [6.07, 6.45) is 2.22. The van der Waals surface area contributed by atoms with Gasteiger partial charge in [-0.25, -0.2) is 0 Å². The Kier molecular flexibility index (Phi) is 4.70. The van der Waals surface area contributed by atoms with Gasteiger partial charge < -0.3 is 18.8 Å². The number of hydrogen-bond acceptors (Lipinski definition) is 3. The van der Waals surface area contributed by atoms with Gasteiger partial charge >= 0.3 is 0 Å². The fraction of sp³-hybridized carbons (Fsp3) is 0.200. The number of ether oxygens (including phenoxy) is 3. The third-order valence-corrected chi connectivity index (χ3v) is 6.34. The van der Waals surface area contributed by atoms with Gasteiger partial charge in [-0.05, 0) is 35.9 Å². The molecule has 1 atom stereocenters. The number of nitrogens with zero attached hydrogens (tertiary/aromatic N) is 1. The highest BCUT2D eigenvalue weighted by Gasteiger charge is 2.32. The SMILES string of the molecule is COc1cc2c(c(OC)c1)C(c1cn(C)c3ccccc13)c1cc(Br)ccc1OC2. The van der Waals surface area contributed by atoms with E-state index in [4.69, 9.17) is 14.2 Å². The van der Waals surface area contributed by atoms with Crippen molar-refractivity contribution in [1.29, 1.82) is 0 Å². The van der Waals surface area contributed by atoms with Crippen molar-refractivity contribution < 1.29 is 14.2 Å². The zero-order valence-electron chi connectivity index (χ0n) is 17.1. The molecule has 0 fully saturated rings. The van der Waals surface area contributed by atoms with E-state index in [1.54, 1.807) is 14.2 Å². The number of aromatic nitrogens is 1. The summed E-state index contributed by atoms with van der Waals surface area (Å²) in [5, 5.41) is 1.22. The van der Waals surface area contributed by atoms with Crippen LogP contribution in [0, 0.1) is 0 Å². The largest absolute Gasteiger partial charge is 0.497 e. The molecular weight excluding hydrogens is 442 g/mol. The van der Waals surface area contributed by atoms with Gasteiger partial charge in [-0.15, -0.1) is 0 Å². The first-order valence-electron chi connectivity index (χ1n) is 9.81. The molecule has 2 heterocycles. The van der Waals surface area contributed by atoms with Crippen LogP contribution in [0.5, 0.6) is 17.2 Å². The van der Waals surface area contributed by atoms with Crippen molar-refractivity contribution in [3.63, 3.8) is 0 Å². The second-order valence-corrected chi connectivity index (χ2v) is 8.43. The average molecular weight is 464 g/mol. The lowest BCUT2D eigenvalue weighted by Gasteiger charge is -2.22. The predicted octanol–water partition coefficient (Wildman–Crippen LogP) is 6.03. The lowest BCUT2D eigenvalue weighted by atomic mass is 9.82. The van der Waals surface area contributed by atoms with Crippen molar-refractivity contribution in [2.24, 2.45) is 7.05 Å². The summed E-state index contributed by atoms with van der Waals surface area (Å²) in [5.74, 6) is 2.41. The monoisotopic (exact) mass is 463 g/mol. The molecule has 30 heavy (non-hydrogen) atoms. The van der Waals surface area contributed by atoms with E-state index in [-0.39, 0.29) is 5.92 Å². The summed E-state index contributed by atoms with van der Waals surface area (Å²) in [6, 6.07) is 18.7. The number of rotatable bonds is 3. The lowest BCUT2D eigenvalue weighted by Crippen LogP contribution is -2.07. The zero-order chi connectivity index (χ0) is 20.8. The standard InChI is InChI=1S/C25H22BrNO3/c1-27-13-20(18-6-4-5-7-21(18)27)25-19-11-16(26)8-9-22(19)30-14-15-10-17(28-2)12-23(29-3)24(15)25/h4-13,25H,14H2,1-3H3. The highest BCUT2D eigenvalue weighted by Crippen LogP contribution is 2.48. The highest BCUT2D eigenvalue weighted by atomic mass is 79.9. The summed E-state index contributed by atoms with van der Waals surface area (Å²) in [7, 11) is 5.47. The van der Waals surface area contributed by atoms with Crippen LogP contribution in [0.15, 0.2) is 65.3 Å². The summed E-state index contributed by atoms with van der Waals surface area (Å²) in [4.78, 5) is 0. The third kappa shape index (κ3) is 2.96. The lowest BCUT2D eigenvalue weighted by molar-refractivity contribution is 0.305. The minimum atomic E-state index is -0.0399. The van der Waals surface area contributed by atoms with Gasteiger partial charge in [0.05, 0.1) is 14.2 Å². The van der Waals surface area contributed by atoms with Gasteiger partial charge in [0.1, 0.15) is 23.9 Å². The molecule has 5 rings (SSSR count). The second kappa shape index (κ2) is 7.40. The molecule has 152 valence electrons. The van der Waals surface area contributed by atoms with Crippen LogP contribution in [0.2, 0.25) is 0 Å². The molecule has 0 N–H and O–H groups in total. The zero-order valence-corrected chi connectivity index (χ0v) is 18.7. The molecule has 1 unspecified atom stereocenters. The van der Waals surface area contributed by atoms with Crippen molar-refractivity contribution in [3.8, 4) is 17.2 Å². The first-order valence-corrected chi connectivity index (χ1v) is 10.6. The summed E-state index contributed by atoms with van der Waals surface area (Å²) >= 11 is 3.66. The van der Waals surface area contributed by atoms with E-state index < -0.39 is 0 Å². The quantitative estimate of drug-likeness (QED) is 0.371. The van der Waals surface area contributed by atoms with E-state index in [0.717, 1.165) is 38.4 Å². The molecule has 0 saturated heterocycles. The van der Waals surface area contributed by atoms with Crippen LogP contribution in [0.1, 0.15) is 28.2 Å². The van der Waals surface area contributed by atoms with Gasteiger partial charge in [0, 0.05) is 57.3 Å². The van der Waals surface area contributed by atoms with E-state index in [1.165, 1.54) is 16.5 Å². The van der Waals surface area contributed by atoms with Crippen LogP contribution in [0.4, 0.5) is 0 Å². The van der Waals surface area contributed by atoms with Crippen LogP contribution in [0.25, 0.3) is 10.9 Å². The molecule has 0 radical (unpaired) electrons. The van der Waals surface area contributed by atoms with Gasteiger partial charge in [0.2, 0.25) is 0 Å². The number of para-hydroxylation sites is 1. The Bertz CT molecular complexity index is 1260. The molecule has 5 heteroatoms. The first kappa shape index (κ1) is 19.1. The molecule has 3 aromatic carbocycles. The summed E-state index contributed by atoms with van der Waals surface area (Å²) in [6.45, 7) is 0.457. The minimum Gasteiger partial charge on any atom is -0.497 e. The third-order valence-electron chi connectivity index (χ3n) is 5.85. The van der Waals surface area contributed by atoms with Gasteiger partial charge in [0.15, 0.2) is 0 Å². The Labute approximate surface area is 184 Å². The van der Waals surface area contributed by atoms with Gasteiger partial charge in [-0.3, -0.25) is 0 Å². The van der Waals surface area contributed by atoms with E-state index in [9.17, 15) is 0 Å². The fourth-order valence-corrected chi connectivity index (χ4v) is 4.88. The minimum absolute atomic E-state index is 0.0399. The van der Waals surface area contributed by atoms with E-state index in [2.05, 4.69) is 70.1 Å². The van der Waals surface area contributed by atoms with Crippen molar-refractivity contribution >= 4 is 26.8 Å². The average Bonchev–Trinajstić information content (AvgIpc) is 3.00. The Morgan fingerprint density at radius 3 is 2.63 bits per heavy atom. The molecule has 0 aliphatic carbocycles. The molecule has 1 aliphatic rings. The summed E-state index contributed by atoms with van der Waals surface area (Å²) < 4.78 is 20.9. The number of fused-ring (bicyclic) bond motifs is 3. The molecule has 0 amide bonds. The fourth-order valence-electron chi connectivity index (χ4n) is 4.50. The molecule has 4 nitrogen and oxygen atoms in total.